The van der Waals surface area contributed by atoms with Crippen molar-refractivity contribution < 1.29 is 30.8 Å². The highest BCUT2D eigenvalue weighted by molar-refractivity contribution is 7.92. The monoisotopic (exact) mass is 524 g/mol. The maximum atomic E-state index is 14.4. The SMILES string of the molecule is C#Cc1cc(CNC(=O)C=Cc2ccc(C(F)(F)F)nc2N2CCCCC2)cc(F)c1NS(C)(=O)=O. The summed E-state index contributed by atoms with van der Waals surface area (Å²) in [5.74, 6) is 0.869. The Morgan fingerprint density at radius 2 is 1.92 bits per heavy atom. The van der Waals surface area contributed by atoms with Gasteiger partial charge in [-0.05, 0) is 55.2 Å². The fourth-order valence-corrected chi connectivity index (χ4v) is 4.27. The number of halogens is 4. The molecule has 36 heavy (non-hydrogen) atoms. The van der Waals surface area contributed by atoms with Crippen molar-refractivity contribution in [1.82, 2.24) is 10.3 Å². The molecule has 1 aliphatic heterocycles. The van der Waals surface area contributed by atoms with Crippen LogP contribution in [0.5, 0.6) is 0 Å². The zero-order valence-electron chi connectivity index (χ0n) is 19.3. The molecule has 1 fully saturated rings. The molecule has 2 heterocycles. The fraction of sp³-hybridized carbons (Fsp3) is 0.333. The minimum Gasteiger partial charge on any atom is -0.356 e. The maximum absolute atomic E-state index is 14.4. The zero-order chi connectivity index (χ0) is 26.5. The first-order valence-corrected chi connectivity index (χ1v) is 12.8. The van der Waals surface area contributed by atoms with Crippen molar-refractivity contribution in [2.75, 3.05) is 29.0 Å². The highest BCUT2D eigenvalue weighted by atomic mass is 32.2. The standard InChI is InChI=1S/C24H24F4N4O3S/c1-3-17-13-16(14-19(25)22(17)31-36(2,34)35)15-29-21(33)10-8-18-7-9-20(24(26,27)28)30-23(18)32-11-5-4-6-12-32/h1,7-10,13-14,31H,4-6,11-12,15H2,2H3,(H,29,33). The lowest BCUT2D eigenvalue weighted by Gasteiger charge is -2.29. The molecule has 0 radical (unpaired) electrons. The number of hydrogen-bond donors (Lipinski definition) is 2. The molecule has 12 heteroatoms. The maximum Gasteiger partial charge on any atom is 0.433 e. The molecule has 1 saturated heterocycles. The van der Waals surface area contributed by atoms with Gasteiger partial charge in [0.2, 0.25) is 15.9 Å². The summed E-state index contributed by atoms with van der Waals surface area (Å²) in [5, 5.41) is 2.54. The minimum atomic E-state index is -4.59. The summed E-state index contributed by atoms with van der Waals surface area (Å²) >= 11 is 0. The molecule has 0 atom stereocenters. The highest BCUT2D eigenvalue weighted by Crippen LogP contribution is 2.32. The minimum absolute atomic E-state index is 0.0396. The van der Waals surface area contributed by atoms with Crippen molar-refractivity contribution >= 4 is 33.5 Å². The van der Waals surface area contributed by atoms with Crippen LogP contribution in [-0.4, -0.2) is 38.7 Å². The van der Waals surface area contributed by atoms with Gasteiger partial charge in [-0.3, -0.25) is 9.52 Å². The van der Waals surface area contributed by atoms with E-state index in [-0.39, 0.29) is 29.2 Å². The van der Waals surface area contributed by atoms with Gasteiger partial charge in [-0.25, -0.2) is 17.8 Å². The van der Waals surface area contributed by atoms with Gasteiger partial charge in [0.1, 0.15) is 17.3 Å². The Morgan fingerprint density at radius 1 is 1.22 bits per heavy atom. The molecule has 2 N–H and O–H groups in total. The number of anilines is 2. The van der Waals surface area contributed by atoms with Crippen molar-refractivity contribution in [2.45, 2.75) is 32.0 Å². The molecule has 0 saturated carbocycles. The van der Waals surface area contributed by atoms with E-state index in [4.69, 9.17) is 6.42 Å². The van der Waals surface area contributed by atoms with E-state index in [0.717, 1.165) is 43.7 Å². The number of benzene rings is 1. The molecule has 0 unspecified atom stereocenters. The van der Waals surface area contributed by atoms with E-state index in [1.165, 1.54) is 18.2 Å². The summed E-state index contributed by atoms with van der Waals surface area (Å²) in [6.07, 6.45) is 6.79. The second-order valence-electron chi connectivity index (χ2n) is 8.22. The van der Waals surface area contributed by atoms with Crippen LogP contribution in [0.15, 0.2) is 30.3 Å². The first-order chi connectivity index (χ1) is 16.9. The van der Waals surface area contributed by atoms with Gasteiger partial charge in [0, 0.05) is 31.3 Å². The van der Waals surface area contributed by atoms with Crippen LogP contribution in [-0.2, 0) is 27.5 Å². The number of nitrogens with zero attached hydrogens (tertiary/aromatic N) is 2. The van der Waals surface area contributed by atoms with E-state index in [1.807, 2.05) is 4.72 Å². The van der Waals surface area contributed by atoms with Gasteiger partial charge in [-0.15, -0.1) is 6.42 Å². The van der Waals surface area contributed by atoms with Crippen LogP contribution >= 0.6 is 0 Å². The zero-order valence-corrected chi connectivity index (χ0v) is 20.1. The summed E-state index contributed by atoms with van der Waals surface area (Å²) in [6, 6.07) is 4.52. The van der Waals surface area contributed by atoms with Crippen LogP contribution in [0.4, 0.5) is 29.1 Å². The van der Waals surface area contributed by atoms with Crippen LogP contribution in [0.25, 0.3) is 6.08 Å². The molecule has 1 aromatic carbocycles. The lowest BCUT2D eigenvalue weighted by molar-refractivity contribution is -0.141. The molecule has 1 aromatic heterocycles. The van der Waals surface area contributed by atoms with Crippen LogP contribution < -0.4 is 14.9 Å². The number of terminal acetylenes is 1. The molecular weight excluding hydrogens is 500 g/mol. The predicted octanol–water partition coefficient (Wildman–Crippen LogP) is 3.91. The number of amides is 1. The molecular formula is C24H24F4N4O3S. The quantitative estimate of drug-likeness (QED) is 0.326. The number of nitrogens with one attached hydrogen (secondary N) is 2. The Bertz CT molecular complexity index is 1310. The molecule has 0 spiro atoms. The summed E-state index contributed by atoms with van der Waals surface area (Å²) in [6.45, 7) is 1.00. The van der Waals surface area contributed by atoms with Gasteiger partial charge in [0.25, 0.3) is 0 Å². The summed E-state index contributed by atoms with van der Waals surface area (Å²) in [5.41, 5.74) is -0.773. The highest BCUT2D eigenvalue weighted by Gasteiger charge is 2.33. The number of aromatic nitrogens is 1. The first-order valence-electron chi connectivity index (χ1n) is 10.9. The molecule has 192 valence electrons. The number of carbonyl (C=O) groups excluding carboxylic acids is 1. The number of pyridine rings is 1. The van der Waals surface area contributed by atoms with Crippen molar-refractivity contribution in [3.8, 4) is 12.3 Å². The van der Waals surface area contributed by atoms with Gasteiger partial charge >= 0.3 is 6.18 Å². The predicted molar refractivity (Wildman–Crippen MR) is 129 cm³/mol. The second kappa shape index (κ2) is 11.0. The Kier molecular flexibility index (Phi) is 8.24. The molecule has 1 aliphatic rings. The Labute approximate surface area is 206 Å². The van der Waals surface area contributed by atoms with Crippen molar-refractivity contribution in [3.05, 3.63) is 58.5 Å². The average molecular weight is 525 g/mol. The normalized spacial score (nSPS) is 14.5. The molecule has 7 nitrogen and oxygen atoms in total. The number of piperidine rings is 1. The van der Waals surface area contributed by atoms with E-state index < -0.39 is 33.6 Å². The van der Waals surface area contributed by atoms with E-state index in [9.17, 15) is 30.8 Å². The molecule has 0 aliphatic carbocycles. The first kappa shape index (κ1) is 27.0. The van der Waals surface area contributed by atoms with Crippen molar-refractivity contribution in [1.29, 1.82) is 0 Å². The summed E-state index contributed by atoms with van der Waals surface area (Å²) < 4.78 is 78.9. The van der Waals surface area contributed by atoms with Crippen molar-refractivity contribution in [3.63, 3.8) is 0 Å². The van der Waals surface area contributed by atoms with Gasteiger partial charge in [-0.1, -0.05) is 5.92 Å². The second-order valence-corrected chi connectivity index (χ2v) is 9.97. The smallest absolute Gasteiger partial charge is 0.356 e. The van der Waals surface area contributed by atoms with E-state index in [1.54, 1.807) is 4.90 Å². The lowest BCUT2D eigenvalue weighted by Crippen LogP contribution is -2.31. The van der Waals surface area contributed by atoms with Gasteiger partial charge < -0.3 is 10.2 Å². The lowest BCUT2D eigenvalue weighted by atomic mass is 10.1. The summed E-state index contributed by atoms with van der Waals surface area (Å²) in [7, 11) is -3.76. The molecule has 2 aromatic rings. The third-order valence-electron chi connectivity index (χ3n) is 5.33. The Hall–Kier alpha value is -3.59. The van der Waals surface area contributed by atoms with Gasteiger partial charge in [-0.2, -0.15) is 13.2 Å². The largest absolute Gasteiger partial charge is 0.433 e. The molecule has 3 rings (SSSR count). The fourth-order valence-electron chi connectivity index (χ4n) is 3.69. The topological polar surface area (TPSA) is 91.4 Å². The van der Waals surface area contributed by atoms with Crippen molar-refractivity contribution in [2.24, 2.45) is 0 Å². The van der Waals surface area contributed by atoms with E-state index >= 15 is 0 Å². The number of rotatable bonds is 7. The van der Waals surface area contributed by atoms with Gasteiger partial charge in [0.15, 0.2) is 0 Å². The third kappa shape index (κ3) is 7.21. The van der Waals surface area contributed by atoms with Crippen LogP contribution in [0, 0.1) is 18.2 Å². The average Bonchev–Trinajstić information content (AvgIpc) is 2.82. The van der Waals surface area contributed by atoms with Crippen LogP contribution in [0.1, 0.15) is 41.6 Å². The third-order valence-corrected chi connectivity index (χ3v) is 5.90. The van der Waals surface area contributed by atoms with Gasteiger partial charge in [0.05, 0.1) is 17.5 Å². The number of hydrogen-bond acceptors (Lipinski definition) is 5. The Morgan fingerprint density at radius 3 is 2.53 bits per heavy atom. The summed E-state index contributed by atoms with van der Waals surface area (Å²) in [4.78, 5) is 17.9. The number of carbonyl (C=O) groups is 1. The molecule has 0 bridgehead atoms. The number of alkyl halides is 3. The Balaban J connectivity index is 1.76. The van der Waals surface area contributed by atoms with E-state index in [2.05, 4.69) is 16.2 Å². The van der Waals surface area contributed by atoms with Crippen LogP contribution in [0.3, 0.4) is 0 Å². The van der Waals surface area contributed by atoms with Crippen LogP contribution in [0.2, 0.25) is 0 Å². The van der Waals surface area contributed by atoms with E-state index in [0.29, 0.717) is 18.7 Å². The molecule has 1 amide bonds. The number of sulfonamides is 1.